The van der Waals surface area contributed by atoms with Crippen molar-refractivity contribution >= 4 is 11.6 Å². The second-order valence-corrected chi connectivity index (χ2v) is 5.32. The molecule has 0 saturated heterocycles. The molecule has 21 heavy (non-hydrogen) atoms. The zero-order chi connectivity index (χ0) is 15.4. The van der Waals surface area contributed by atoms with E-state index in [-0.39, 0.29) is 12.5 Å². The van der Waals surface area contributed by atoms with Gasteiger partial charge < -0.3 is 10.6 Å². The van der Waals surface area contributed by atoms with Crippen LogP contribution in [0.5, 0.6) is 0 Å². The van der Waals surface area contributed by atoms with Gasteiger partial charge in [-0.1, -0.05) is 13.8 Å². The van der Waals surface area contributed by atoms with E-state index in [2.05, 4.69) is 34.7 Å². The molecule has 0 aliphatic carbocycles. The fourth-order valence-electron chi connectivity index (χ4n) is 2.14. The number of aromatic nitrogens is 4. The quantitative estimate of drug-likeness (QED) is 0.835. The molecule has 7 nitrogen and oxygen atoms in total. The van der Waals surface area contributed by atoms with Crippen LogP contribution in [0.4, 0.5) is 5.69 Å². The minimum absolute atomic E-state index is 0.0704. The molecule has 2 aromatic heterocycles. The first-order valence-corrected chi connectivity index (χ1v) is 6.99. The number of nitrogens with zero attached hydrogens (tertiary/aromatic N) is 4. The largest absolute Gasteiger partial charge is 0.378 e. The first-order valence-electron chi connectivity index (χ1n) is 6.99. The Labute approximate surface area is 124 Å². The summed E-state index contributed by atoms with van der Waals surface area (Å²) in [6.45, 7) is 5.18. The lowest BCUT2D eigenvalue weighted by atomic mass is 10.1. The van der Waals surface area contributed by atoms with Crippen molar-refractivity contribution in [3.8, 4) is 0 Å². The lowest BCUT2D eigenvalue weighted by Gasteiger charge is -2.06. The van der Waals surface area contributed by atoms with Gasteiger partial charge in [0.1, 0.15) is 6.54 Å². The molecule has 0 unspecified atom stereocenters. The Morgan fingerprint density at radius 3 is 2.81 bits per heavy atom. The summed E-state index contributed by atoms with van der Waals surface area (Å²) >= 11 is 0. The van der Waals surface area contributed by atoms with E-state index in [4.69, 9.17) is 0 Å². The fourth-order valence-corrected chi connectivity index (χ4v) is 2.14. The Bertz CT molecular complexity index is 613. The van der Waals surface area contributed by atoms with Crippen LogP contribution in [0, 0.1) is 0 Å². The second kappa shape index (κ2) is 6.43. The molecular formula is C14H22N6O. The van der Waals surface area contributed by atoms with Crippen molar-refractivity contribution in [3.63, 3.8) is 0 Å². The molecule has 2 aromatic rings. The average molecular weight is 290 g/mol. The standard InChI is InChI=1S/C14H22N6O/c1-10(2)14-11(7-19(4)18-14)5-16-12-6-17-20(8-12)9-13(21)15-3/h6-8,10,16H,5,9H2,1-4H3,(H,15,21). The summed E-state index contributed by atoms with van der Waals surface area (Å²) in [6.07, 6.45) is 5.56. The summed E-state index contributed by atoms with van der Waals surface area (Å²) in [6, 6.07) is 0. The second-order valence-electron chi connectivity index (χ2n) is 5.32. The molecule has 1 amide bonds. The van der Waals surface area contributed by atoms with Gasteiger partial charge >= 0.3 is 0 Å². The molecule has 0 atom stereocenters. The fraction of sp³-hybridized carbons (Fsp3) is 0.500. The van der Waals surface area contributed by atoms with Crippen LogP contribution in [-0.4, -0.2) is 32.5 Å². The molecule has 0 saturated carbocycles. The molecule has 0 fully saturated rings. The highest BCUT2D eigenvalue weighted by Gasteiger charge is 2.11. The molecule has 0 bridgehead atoms. The molecule has 0 radical (unpaired) electrons. The maximum absolute atomic E-state index is 11.3. The molecule has 7 heteroatoms. The van der Waals surface area contributed by atoms with E-state index in [1.54, 1.807) is 17.9 Å². The highest BCUT2D eigenvalue weighted by atomic mass is 16.1. The third-order valence-corrected chi connectivity index (χ3v) is 3.18. The van der Waals surface area contributed by atoms with Crippen molar-refractivity contribution in [2.24, 2.45) is 7.05 Å². The first-order chi connectivity index (χ1) is 9.99. The summed E-state index contributed by atoms with van der Waals surface area (Å²) in [5, 5.41) is 14.5. The molecule has 2 rings (SSSR count). The zero-order valence-electron chi connectivity index (χ0n) is 12.9. The van der Waals surface area contributed by atoms with E-state index in [9.17, 15) is 4.79 Å². The average Bonchev–Trinajstić information content (AvgIpc) is 3.02. The highest BCUT2D eigenvalue weighted by Crippen LogP contribution is 2.18. The third kappa shape index (κ3) is 3.84. The van der Waals surface area contributed by atoms with Crippen LogP contribution in [0.15, 0.2) is 18.6 Å². The highest BCUT2D eigenvalue weighted by molar-refractivity contribution is 5.75. The van der Waals surface area contributed by atoms with E-state index in [0.29, 0.717) is 12.5 Å². The van der Waals surface area contributed by atoms with Crippen LogP contribution >= 0.6 is 0 Å². The summed E-state index contributed by atoms with van der Waals surface area (Å²) in [7, 11) is 3.54. The number of carbonyl (C=O) groups excluding carboxylic acids is 1. The molecule has 0 aromatic carbocycles. The van der Waals surface area contributed by atoms with Crippen LogP contribution in [0.2, 0.25) is 0 Å². The van der Waals surface area contributed by atoms with Crippen molar-refractivity contribution in [1.29, 1.82) is 0 Å². The summed E-state index contributed by atoms with van der Waals surface area (Å²) < 4.78 is 3.44. The SMILES string of the molecule is CNC(=O)Cn1cc(NCc2cn(C)nc2C(C)C)cn1. The van der Waals surface area contributed by atoms with Gasteiger partial charge in [-0.2, -0.15) is 10.2 Å². The molecule has 0 spiro atoms. The molecule has 2 N–H and O–H groups in total. The number of carbonyl (C=O) groups is 1. The van der Waals surface area contributed by atoms with Gasteiger partial charge in [-0.3, -0.25) is 14.2 Å². The Morgan fingerprint density at radius 1 is 1.38 bits per heavy atom. The van der Waals surface area contributed by atoms with Gasteiger partial charge in [0.25, 0.3) is 0 Å². The molecule has 114 valence electrons. The smallest absolute Gasteiger partial charge is 0.241 e. The van der Waals surface area contributed by atoms with Gasteiger partial charge in [-0.15, -0.1) is 0 Å². The zero-order valence-corrected chi connectivity index (χ0v) is 12.9. The van der Waals surface area contributed by atoms with Crippen molar-refractivity contribution in [2.45, 2.75) is 32.9 Å². The number of anilines is 1. The molecule has 0 aliphatic rings. The molecular weight excluding hydrogens is 268 g/mol. The lowest BCUT2D eigenvalue weighted by molar-refractivity contribution is -0.121. The number of likely N-dealkylation sites (N-methyl/N-ethyl adjacent to an activating group) is 1. The number of amides is 1. The molecule has 0 aliphatic heterocycles. The topological polar surface area (TPSA) is 76.8 Å². The summed E-state index contributed by atoms with van der Waals surface area (Å²) in [5.41, 5.74) is 3.16. The van der Waals surface area contributed by atoms with Gasteiger partial charge in [0.2, 0.25) is 5.91 Å². The van der Waals surface area contributed by atoms with Crippen molar-refractivity contribution < 1.29 is 4.79 Å². The first kappa shape index (κ1) is 15.1. The van der Waals surface area contributed by atoms with Crippen LogP contribution in [0.25, 0.3) is 0 Å². The minimum Gasteiger partial charge on any atom is -0.378 e. The maximum Gasteiger partial charge on any atom is 0.241 e. The number of rotatable bonds is 6. The van der Waals surface area contributed by atoms with Crippen LogP contribution < -0.4 is 10.6 Å². The van der Waals surface area contributed by atoms with Gasteiger partial charge in [0.05, 0.1) is 17.6 Å². The Morgan fingerprint density at radius 2 is 2.14 bits per heavy atom. The van der Waals surface area contributed by atoms with Crippen LogP contribution in [0.3, 0.4) is 0 Å². The number of aryl methyl sites for hydroxylation is 1. The molecule has 2 heterocycles. The van der Waals surface area contributed by atoms with Crippen molar-refractivity contribution in [1.82, 2.24) is 24.9 Å². The number of hydrogen-bond donors (Lipinski definition) is 2. The Kier molecular flexibility index (Phi) is 4.62. The van der Waals surface area contributed by atoms with Crippen LogP contribution in [-0.2, 0) is 24.9 Å². The predicted octanol–water partition coefficient (Wildman–Crippen LogP) is 1.10. The van der Waals surface area contributed by atoms with E-state index < -0.39 is 0 Å². The minimum atomic E-state index is -0.0704. The lowest BCUT2D eigenvalue weighted by Crippen LogP contribution is -2.23. The monoisotopic (exact) mass is 290 g/mol. The Hall–Kier alpha value is -2.31. The van der Waals surface area contributed by atoms with Gasteiger partial charge in [0.15, 0.2) is 0 Å². The summed E-state index contributed by atoms with van der Waals surface area (Å²) in [4.78, 5) is 11.3. The van der Waals surface area contributed by atoms with Crippen molar-refractivity contribution in [3.05, 3.63) is 29.8 Å². The van der Waals surface area contributed by atoms with E-state index in [0.717, 1.165) is 11.4 Å². The van der Waals surface area contributed by atoms with E-state index in [1.807, 2.05) is 24.1 Å². The van der Waals surface area contributed by atoms with Gasteiger partial charge in [0, 0.05) is 38.6 Å². The summed E-state index contributed by atoms with van der Waals surface area (Å²) in [5.74, 6) is 0.318. The van der Waals surface area contributed by atoms with E-state index in [1.165, 1.54) is 5.56 Å². The maximum atomic E-state index is 11.3. The van der Waals surface area contributed by atoms with Crippen LogP contribution in [0.1, 0.15) is 31.0 Å². The normalized spacial score (nSPS) is 10.9. The van der Waals surface area contributed by atoms with Gasteiger partial charge in [-0.05, 0) is 5.92 Å². The predicted molar refractivity (Wildman–Crippen MR) is 80.9 cm³/mol. The van der Waals surface area contributed by atoms with E-state index >= 15 is 0 Å². The number of hydrogen-bond acceptors (Lipinski definition) is 4. The third-order valence-electron chi connectivity index (χ3n) is 3.18. The Balaban J connectivity index is 1.99. The number of nitrogens with one attached hydrogen (secondary N) is 2. The van der Waals surface area contributed by atoms with Gasteiger partial charge in [-0.25, -0.2) is 0 Å². The van der Waals surface area contributed by atoms with Crippen molar-refractivity contribution in [2.75, 3.05) is 12.4 Å².